The fraction of sp³-hybridized carbons (Fsp3) is 0.533. The first-order valence-electron chi connectivity index (χ1n) is 6.76. The summed E-state index contributed by atoms with van der Waals surface area (Å²) in [5.41, 5.74) is 7.14. The summed E-state index contributed by atoms with van der Waals surface area (Å²) in [5, 5.41) is 3.01. The van der Waals surface area contributed by atoms with Gasteiger partial charge in [-0.3, -0.25) is 4.79 Å². The first-order valence-corrected chi connectivity index (χ1v) is 6.76. The van der Waals surface area contributed by atoms with Gasteiger partial charge >= 0.3 is 0 Å². The van der Waals surface area contributed by atoms with E-state index in [1.165, 1.54) is 25.7 Å². The zero-order valence-electron chi connectivity index (χ0n) is 11.7. The second-order valence-electron chi connectivity index (χ2n) is 5.66. The highest BCUT2D eigenvalue weighted by Gasteiger charge is 2.28. The van der Waals surface area contributed by atoms with Crippen LogP contribution in [0.1, 0.15) is 43.0 Å². The lowest BCUT2D eigenvalue weighted by molar-refractivity contribution is 0.0934. The van der Waals surface area contributed by atoms with Crippen LogP contribution in [0.2, 0.25) is 0 Å². The van der Waals surface area contributed by atoms with Gasteiger partial charge in [-0.25, -0.2) is 0 Å². The summed E-state index contributed by atoms with van der Waals surface area (Å²) in [4.78, 5) is 12.1. The Hall–Kier alpha value is -1.71. The van der Waals surface area contributed by atoms with Crippen molar-refractivity contribution in [3.05, 3.63) is 23.8 Å². The largest absolute Gasteiger partial charge is 0.495 e. The van der Waals surface area contributed by atoms with Crippen LogP contribution in [0.5, 0.6) is 5.75 Å². The van der Waals surface area contributed by atoms with Crippen molar-refractivity contribution < 1.29 is 9.53 Å². The molecule has 4 nitrogen and oxygen atoms in total. The second-order valence-corrected chi connectivity index (χ2v) is 5.66. The van der Waals surface area contributed by atoms with Gasteiger partial charge in [-0.15, -0.1) is 0 Å². The molecule has 0 spiro atoms. The molecule has 1 aliphatic carbocycles. The van der Waals surface area contributed by atoms with Crippen LogP contribution >= 0.6 is 0 Å². The van der Waals surface area contributed by atoms with Crippen LogP contribution in [-0.4, -0.2) is 19.6 Å². The molecule has 1 aromatic rings. The average Bonchev–Trinajstić information content (AvgIpc) is 2.83. The van der Waals surface area contributed by atoms with Gasteiger partial charge in [0.05, 0.1) is 12.8 Å². The van der Waals surface area contributed by atoms with E-state index >= 15 is 0 Å². The third kappa shape index (κ3) is 3.19. The molecule has 0 aromatic heterocycles. The lowest BCUT2D eigenvalue weighted by Gasteiger charge is -2.23. The summed E-state index contributed by atoms with van der Waals surface area (Å²) >= 11 is 0. The molecule has 1 amide bonds. The normalized spacial score (nSPS) is 17.2. The standard InChI is InChI=1S/C15H22N2O2/c1-15(7-3-4-8-15)10-17-14(18)11-5-6-13(19-2)12(16)9-11/h5-6,9H,3-4,7-8,10,16H2,1-2H3,(H,17,18). The van der Waals surface area contributed by atoms with Gasteiger partial charge in [-0.05, 0) is 36.5 Å². The predicted molar refractivity (Wildman–Crippen MR) is 76.3 cm³/mol. The number of nitrogen functional groups attached to an aromatic ring is 1. The van der Waals surface area contributed by atoms with E-state index in [-0.39, 0.29) is 11.3 Å². The maximum Gasteiger partial charge on any atom is 0.251 e. The Morgan fingerprint density at radius 3 is 2.68 bits per heavy atom. The van der Waals surface area contributed by atoms with Crippen molar-refractivity contribution >= 4 is 11.6 Å². The number of ether oxygens (including phenoxy) is 1. The van der Waals surface area contributed by atoms with E-state index in [2.05, 4.69) is 12.2 Å². The van der Waals surface area contributed by atoms with Crippen LogP contribution in [0.4, 0.5) is 5.69 Å². The van der Waals surface area contributed by atoms with Crippen LogP contribution in [0.25, 0.3) is 0 Å². The molecular weight excluding hydrogens is 240 g/mol. The third-order valence-corrected chi connectivity index (χ3v) is 3.98. The summed E-state index contributed by atoms with van der Waals surface area (Å²) in [7, 11) is 1.56. The molecule has 1 fully saturated rings. The zero-order valence-corrected chi connectivity index (χ0v) is 11.7. The molecule has 0 heterocycles. The molecule has 1 saturated carbocycles. The molecule has 4 heteroatoms. The predicted octanol–water partition coefficient (Wildman–Crippen LogP) is 2.59. The molecular formula is C15H22N2O2. The minimum atomic E-state index is -0.0671. The lowest BCUT2D eigenvalue weighted by atomic mass is 9.89. The van der Waals surface area contributed by atoms with E-state index in [9.17, 15) is 4.79 Å². The topological polar surface area (TPSA) is 64.3 Å². The highest BCUT2D eigenvalue weighted by atomic mass is 16.5. The quantitative estimate of drug-likeness (QED) is 0.820. The smallest absolute Gasteiger partial charge is 0.251 e. The van der Waals surface area contributed by atoms with Crippen LogP contribution in [0.3, 0.4) is 0 Å². The van der Waals surface area contributed by atoms with Crippen LogP contribution < -0.4 is 15.8 Å². The van der Waals surface area contributed by atoms with Crippen molar-refractivity contribution in [1.29, 1.82) is 0 Å². The van der Waals surface area contributed by atoms with Crippen molar-refractivity contribution in [2.45, 2.75) is 32.6 Å². The number of rotatable bonds is 4. The van der Waals surface area contributed by atoms with Crippen molar-refractivity contribution in [2.24, 2.45) is 5.41 Å². The van der Waals surface area contributed by atoms with E-state index in [1.54, 1.807) is 25.3 Å². The minimum absolute atomic E-state index is 0.0671. The molecule has 0 unspecified atom stereocenters. The number of carbonyl (C=O) groups excluding carboxylic acids is 1. The van der Waals surface area contributed by atoms with Crippen molar-refractivity contribution in [2.75, 3.05) is 19.4 Å². The van der Waals surface area contributed by atoms with Gasteiger partial charge in [0, 0.05) is 12.1 Å². The lowest BCUT2D eigenvalue weighted by Crippen LogP contribution is -2.34. The van der Waals surface area contributed by atoms with Crippen molar-refractivity contribution in [1.82, 2.24) is 5.32 Å². The van der Waals surface area contributed by atoms with Gasteiger partial charge in [0.25, 0.3) is 5.91 Å². The fourth-order valence-corrected chi connectivity index (χ4v) is 2.68. The monoisotopic (exact) mass is 262 g/mol. The number of amides is 1. The number of anilines is 1. The van der Waals surface area contributed by atoms with Crippen LogP contribution in [-0.2, 0) is 0 Å². The highest BCUT2D eigenvalue weighted by molar-refractivity contribution is 5.95. The van der Waals surface area contributed by atoms with Crippen molar-refractivity contribution in [3.63, 3.8) is 0 Å². The SMILES string of the molecule is COc1ccc(C(=O)NCC2(C)CCCC2)cc1N. The summed E-state index contributed by atoms with van der Waals surface area (Å²) in [5.74, 6) is 0.529. The molecule has 2 rings (SSSR count). The Balaban J connectivity index is 1.98. The Kier molecular flexibility index (Phi) is 3.98. The van der Waals surface area contributed by atoms with E-state index in [1.807, 2.05) is 0 Å². The average molecular weight is 262 g/mol. The molecule has 1 aromatic carbocycles. The number of hydrogen-bond acceptors (Lipinski definition) is 3. The number of nitrogens with two attached hydrogens (primary N) is 1. The Morgan fingerprint density at radius 2 is 2.11 bits per heavy atom. The van der Waals surface area contributed by atoms with Gasteiger partial charge in [0.1, 0.15) is 5.75 Å². The molecule has 0 bridgehead atoms. The van der Waals surface area contributed by atoms with Gasteiger partial charge in [-0.1, -0.05) is 19.8 Å². The van der Waals surface area contributed by atoms with Gasteiger partial charge in [-0.2, -0.15) is 0 Å². The summed E-state index contributed by atoms with van der Waals surface area (Å²) in [6.45, 7) is 2.97. The molecule has 19 heavy (non-hydrogen) atoms. The summed E-state index contributed by atoms with van der Waals surface area (Å²) in [6.07, 6.45) is 4.92. The van der Waals surface area contributed by atoms with E-state index in [0.717, 1.165) is 6.54 Å². The molecule has 0 atom stereocenters. The van der Waals surface area contributed by atoms with Gasteiger partial charge < -0.3 is 15.8 Å². The summed E-state index contributed by atoms with van der Waals surface area (Å²) in [6, 6.07) is 5.12. The van der Waals surface area contributed by atoms with Crippen molar-refractivity contribution in [3.8, 4) is 5.75 Å². The fourth-order valence-electron chi connectivity index (χ4n) is 2.68. The maximum atomic E-state index is 12.1. The number of benzene rings is 1. The minimum Gasteiger partial charge on any atom is -0.495 e. The molecule has 104 valence electrons. The van der Waals surface area contributed by atoms with E-state index in [4.69, 9.17) is 10.5 Å². The first-order chi connectivity index (χ1) is 9.04. The van der Waals surface area contributed by atoms with Gasteiger partial charge in [0.15, 0.2) is 0 Å². The number of carbonyl (C=O) groups is 1. The highest BCUT2D eigenvalue weighted by Crippen LogP contribution is 2.36. The van der Waals surface area contributed by atoms with Crippen LogP contribution in [0.15, 0.2) is 18.2 Å². The Morgan fingerprint density at radius 1 is 1.42 bits per heavy atom. The Labute approximate surface area is 114 Å². The number of hydrogen-bond donors (Lipinski definition) is 2. The third-order valence-electron chi connectivity index (χ3n) is 3.98. The molecule has 0 saturated heterocycles. The molecule has 1 aliphatic rings. The van der Waals surface area contributed by atoms with E-state index < -0.39 is 0 Å². The molecule has 3 N–H and O–H groups in total. The van der Waals surface area contributed by atoms with Crippen LogP contribution in [0, 0.1) is 5.41 Å². The second kappa shape index (κ2) is 5.51. The maximum absolute atomic E-state index is 12.1. The zero-order chi connectivity index (χ0) is 13.9. The number of nitrogens with one attached hydrogen (secondary N) is 1. The van der Waals surface area contributed by atoms with Gasteiger partial charge in [0.2, 0.25) is 0 Å². The summed E-state index contributed by atoms with van der Waals surface area (Å²) < 4.78 is 5.08. The number of methoxy groups -OCH3 is 1. The first kappa shape index (κ1) is 13.7. The van der Waals surface area contributed by atoms with E-state index in [0.29, 0.717) is 17.0 Å². The Bertz CT molecular complexity index is 465. The molecule has 0 aliphatic heterocycles. The molecule has 0 radical (unpaired) electrons.